The van der Waals surface area contributed by atoms with Gasteiger partial charge < -0.3 is 9.64 Å². The molecule has 1 fully saturated rings. The minimum absolute atomic E-state index is 0.271. The molecular formula is C25H28N2O3. The Labute approximate surface area is 177 Å². The number of likely N-dealkylation sites (tertiary alicyclic amines) is 1. The second kappa shape index (κ2) is 8.34. The van der Waals surface area contributed by atoms with Crippen LogP contribution in [0.15, 0.2) is 60.3 Å². The van der Waals surface area contributed by atoms with Crippen LogP contribution in [0.1, 0.15) is 32.8 Å². The number of amides is 2. The van der Waals surface area contributed by atoms with Gasteiger partial charge in [-0.3, -0.25) is 9.59 Å². The first-order chi connectivity index (χ1) is 14.5. The fourth-order valence-corrected chi connectivity index (χ4v) is 4.66. The highest BCUT2D eigenvalue weighted by Crippen LogP contribution is 2.40. The van der Waals surface area contributed by atoms with E-state index in [1.54, 1.807) is 12.1 Å². The van der Waals surface area contributed by atoms with Gasteiger partial charge in [-0.05, 0) is 42.9 Å². The average molecular weight is 405 g/mol. The van der Waals surface area contributed by atoms with E-state index in [0.717, 1.165) is 25.1 Å². The largest absolute Gasteiger partial charge is 0.492 e. The second-order valence-electron chi connectivity index (χ2n) is 8.29. The zero-order valence-electron chi connectivity index (χ0n) is 17.8. The van der Waals surface area contributed by atoms with Gasteiger partial charge in [-0.2, -0.15) is 0 Å². The Kier molecular flexibility index (Phi) is 5.62. The SMILES string of the molecule is CCOc1ccccc1N1C(=O)C(c2ccccc2)=C(N2CC(C)CC(C)C2)C1=O. The zero-order valence-corrected chi connectivity index (χ0v) is 17.8. The first-order valence-corrected chi connectivity index (χ1v) is 10.7. The molecule has 2 aromatic carbocycles. The Balaban J connectivity index is 1.83. The van der Waals surface area contributed by atoms with Gasteiger partial charge in [0, 0.05) is 13.1 Å². The summed E-state index contributed by atoms with van der Waals surface area (Å²) in [6.45, 7) is 8.30. The van der Waals surface area contributed by atoms with Crippen LogP contribution in [0.25, 0.3) is 5.57 Å². The molecule has 2 aliphatic rings. The number of imide groups is 1. The normalized spacial score (nSPS) is 22.1. The molecule has 4 rings (SSSR count). The van der Waals surface area contributed by atoms with Crippen LogP contribution in [0.3, 0.4) is 0 Å². The molecule has 0 aliphatic carbocycles. The van der Waals surface area contributed by atoms with E-state index in [1.165, 1.54) is 4.90 Å². The van der Waals surface area contributed by atoms with Crippen molar-refractivity contribution >= 4 is 23.1 Å². The summed E-state index contributed by atoms with van der Waals surface area (Å²) < 4.78 is 5.72. The lowest BCUT2D eigenvalue weighted by Gasteiger charge is -2.37. The lowest BCUT2D eigenvalue weighted by molar-refractivity contribution is -0.120. The molecule has 156 valence electrons. The van der Waals surface area contributed by atoms with Crippen molar-refractivity contribution in [3.05, 3.63) is 65.9 Å². The van der Waals surface area contributed by atoms with Crippen molar-refractivity contribution in [3.8, 4) is 5.75 Å². The van der Waals surface area contributed by atoms with Crippen LogP contribution < -0.4 is 9.64 Å². The molecule has 2 aliphatic heterocycles. The number of anilines is 1. The zero-order chi connectivity index (χ0) is 21.3. The standard InChI is InChI=1S/C25H28N2O3/c1-4-30-21-13-9-8-12-20(21)27-24(28)22(19-10-6-5-7-11-19)23(25(27)29)26-15-17(2)14-18(3)16-26/h5-13,17-18H,4,14-16H2,1-3H3. The van der Waals surface area contributed by atoms with Gasteiger partial charge in [0.05, 0.1) is 17.9 Å². The predicted molar refractivity (Wildman–Crippen MR) is 118 cm³/mol. The maximum absolute atomic E-state index is 13.7. The second-order valence-corrected chi connectivity index (χ2v) is 8.29. The fraction of sp³-hybridized carbons (Fsp3) is 0.360. The first kappa shape index (κ1) is 20.2. The lowest BCUT2D eigenvalue weighted by atomic mass is 9.91. The van der Waals surface area contributed by atoms with Gasteiger partial charge in [-0.15, -0.1) is 0 Å². The minimum Gasteiger partial charge on any atom is -0.492 e. The van der Waals surface area contributed by atoms with Gasteiger partial charge in [0.25, 0.3) is 11.8 Å². The molecule has 0 aromatic heterocycles. The van der Waals surface area contributed by atoms with Crippen molar-refractivity contribution in [2.75, 3.05) is 24.6 Å². The van der Waals surface area contributed by atoms with Crippen molar-refractivity contribution in [1.29, 1.82) is 0 Å². The number of nitrogens with zero attached hydrogens (tertiary/aromatic N) is 2. The number of carbonyl (C=O) groups is 2. The molecule has 0 radical (unpaired) electrons. The third-order valence-electron chi connectivity index (χ3n) is 5.71. The third-order valence-corrected chi connectivity index (χ3v) is 5.71. The maximum Gasteiger partial charge on any atom is 0.282 e. The summed E-state index contributed by atoms with van der Waals surface area (Å²) in [5.74, 6) is 0.902. The van der Waals surface area contributed by atoms with Gasteiger partial charge in [0.1, 0.15) is 11.4 Å². The van der Waals surface area contributed by atoms with Crippen molar-refractivity contribution in [1.82, 2.24) is 4.90 Å². The number of benzene rings is 2. The van der Waals surface area contributed by atoms with Gasteiger partial charge in [0.2, 0.25) is 0 Å². The van der Waals surface area contributed by atoms with Crippen LogP contribution in [0.5, 0.6) is 5.75 Å². The van der Waals surface area contributed by atoms with Gasteiger partial charge >= 0.3 is 0 Å². The summed E-state index contributed by atoms with van der Waals surface area (Å²) in [7, 11) is 0. The number of hydrogen-bond acceptors (Lipinski definition) is 4. The summed E-state index contributed by atoms with van der Waals surface area (Å²) in [4.78, 5) is 30.8. The van der Waals surface area contributed by atoms with Crippen molar-refractivity contribution in [2.24, 2.45) is 11.8 Å². The Morgan fingerprint density at radius 3 is 2.20 bits per heavy atom. The Morgan fingerprint density at radius 2 is 1.53 bits per heavy atom. The van der Waals surface area contributed by atoms with E-state index >= 15 is 0 Å². The molecule has 5 nitrogen and oxygen atoms in total. The number of rotatable bonds is 5. The van der Waals surface area contributed by atoms with Crippen LogP contribution in [-0.4, -0.2) is 36.4 Å². The van der Waals surface area contributed by atoms with Gasteiger partial charge in [-0.25, -0.2) is 4.90 Å². The Morgan fingerprint density at radius 1 is 0.900 bits per heavy atom. The summed E-state index contributed by atoms with van der Waals surface area (Å²) in [6.07, 6.45) is 1.13. The van der Waals surface area contributed by atoms with Crippen LogP contribution in [-0.2, 0) is 9.59 Å². The molecule has 0 saturated carbocycles. The van der Waals surface area contributed by atoms with E-state index in [-0.39, 0.29) is 11.8 Å². The number of piperidine rings is 1. The van der Waals surface area contributed by atoms with E-state index in [2.05, 4.69) is 18.7 Å². The van der Waals surface area contributed by atoms with Crippen LogP contribution in [0, 0.1) is 11.8 Å². The molecule has 0 spiro atoms. The highest BCUT2D eigenvalue weighted by atomic mass is 16.5. The van der Waals surface area contributed by atoms with E-state index in [0.29, 0.717) is 41.1 Å². The Hall–Kier alpha value is -3.08. The van der Waals surface area contributed by atoms with E-state index in [1.807, 2.05) is 49.4 Å². The van der Waals surface area contributed by atoms with E-state index in [9.17, 15) is 9.59 Å². The molecule has 0 N–H and O–H groups in total. The summed E-state index contributed by atoms with van der Waals surface area (Å²) >= 11 is 0. The Bertz CT molecular complexity index is 973. The molecule has 0 bridgehead atoms. The molecule has 2 aromatic rings. The molecule has 2 amide bonds. The third kappa shape index (κ3) is 3.60. The van der Waals surface area contributed by atoms with Crippen LogP contribution >= 0.6 is 0 Å². The number of ether oxygens (including phenoxy) is 1. The molecule has 1 saturated heterocycles. The topological polar surface area (TPSA) is 49.9 Å². The lowest BCUT2D eigenvalue weighted by Crippen LogP contribution is -2.42. The highest BCUT2D eigenvalue weighted by molar-refractivity contribution is 6.45. The molecule has 30 heavy (non-hydrogen) atoms. The summed E-state index contributed by atoms with van der Waals surface area (Å²) in [6, 6.07) is 16.7. The van der Waals surface area contributed by atoms with Crippen molar-refractivity contribution in [3.63, 3.8) is 0 Å². The van der Waals surface area contributed by atoms with Crippen molar-refractivity contribution in [2.45, 2.75) is 27.2 Å². The van der Waals surface area contributed by atoms with E-state index in [4.69, 9.17) is 4.74 Å². The fourth-order valence-electron chi connectivity index (χ4n) is 4.66. The average Bonchev–Trinajstić information content (AvgIpc) is 2.99. The predicted octanol–water partition coefficient (Wildman–Crippen LogP) is 4.35. The highest BCUT2D eigenvalue weighted by Gasteiger charge is 2.44. The summed E-state index contributed by atoms with van der Waals surface area (Å²) in [5, 5.41) is 0. The number of para-hydroxylation sites is 2. The monoisotopic (exact) mass is 404 g/mol. The van der Waals surface area contributed by atoms with Crippen molar-refractivity contribution < 1.29 is 14.3 Å². The van der Waals surface area contributed by atoms with Crippen LogP contribution in [0.4, 0.5) is 5.69 Å². The quantitative estimate of drug-likeness (QED) is 0.696. The first-order valence-electron chi connectivity index (χ1n) is 10.7. The maximum atomic E-state index is 13.7. The molecule has 2 heterocycles. The molecular weight excluding hydrogens is 376 g/mol. The molecule has 2 atom stereocenters. The minimum atomic E-state index is -0.292. The molecule has 5 heteroatoms. The van der Waals surface area contributed by atoms with Gasteiger partial charge in [0.15, 0.2) is 0 Å². The number of carbonyl (C=O) groups excluding carboxylic acids is 2. The van der Waals surface area contributed by atoms with Crippen LogP contribution in [0.2, 0.25) is 0 Å². The number of hydrogen-bond donors (Lipinski definition) is 0. The van der Waals surface area contributed by atoms with Gasteiger partial charge in [-0.1, -0.05) is 56.3 Å². The van der Waals surface area contributed by atoms with E-state index < -0.39 is 0 Å². The summed E-state index contributed by atoms with van der Waals surface area (Å²) in [5.41, 5.74) is 2.26. The molecule has 2 unspecified atom stereocenters. The smallest absolute Gasteiger partial charge is 0.282 e.